The van der Waals surface area contributed by atoms with Crippen molar-refractivity contribution >= 4 is 11.6 Å². The van der Waals surface area contributed by atoms with Crippen LogP contribution in [0.5, 0.6) is 0 Å². The van der Waals surface area contributed by atoms with Gasteiger partial charge < -0.3 is 10.2 Å². The van der Waals surface area contributed by atoms with Gasteiger partial charge in [0.2, 0.25) is 5.91 Å². The number of amides is 1. The maximum absolute atomic E-state index is 12.4. The van der Waals surface area contributed by atoms with Gasteiger partial charge in [-0.25, -0.2) is 0 Å². The SMILES string of the molecule is CC1CC1C(=O)N1CCNCc2ccccc21. The number of carbonyl (C=O) groups is 1. The highest BCUT2D eigenvalue weighted by molar-refractivity contribution is 5.97. The van der Waals surface area contributed by atoms with Gasteiger partial charge in [0, 0.05) is 31.2 Å². The number of carbonyl (C=O) groups excluding carboxylic acids is 1. The van der Waals surface area contributed by atoms with Gasteiger partial charge in [-0.15, -0.1) is 0 Å². The van der Waals surface area contributed by atoms with Crippen LogP contribution >= 0.6 is 0 Å². The zero-order chi connectivity index (χ0) is 11.8. The fourth-order valence-corrected chi connectivity index (χ4v) is 2.55. The predicted octanol–water partition coefficient (Wildman–Crippen LogP) is 1.78. The van der Waals surface area contributed by atoms with Crippen molar-refractivity contribution in [1.82, 2.24) is 5.32 Å². The standard InChI is InChI=1S/C14H18N2O/c1-10-8-12(10)14(17)16-7-6-15-9-11-4-2-3-5-13(11)16/h2-5,10,12,15H,6-9H2,1H3. The van der Waals surface area contributed by atoms with Crippen LogP contribution in [0.4, 0.5) is 5.69 Å². The number of hydrogen-bond acceptors (Lipinski definition) is 2. The van der Waals surface area contributed by atoms with Crippen LogP contribution in [0.1, 0.15) is 18.9 Å². The third-order valence-electron chi connectivity index (χ3n) is 3.80. The Labute approximate surface area is 102 Å². The van der Waals surface area contributed by atoms with Crippen molar-refractivity contribution < 1.29 is 4.79 Å². The van der Waals surface area contributed by atoms with Gasteiger partial charge in [0.15, 0.2) is 0 Å². The largest absolute Gasteiger partial charge is 0.311 e. The first-order valence-electron chi connectivity index (χ1n) is 6.37. The zero-order valence-corrected chi connectivity index (χ0v) is 10.1. The molecule has 0 spiro atoms. The molecule has 1 amide bonds. The zero-order valence-electron chi connectivity index (χ0n) is 10.1. The van der Waals surface area contributed by atoms with Crippen LogP contribution < -0.4 is 10.2 Å². The predicted molar refractivity (Wildman–Crippen MR) is 67.8 cm³/mol. The lowest BCUT2D eigenvalue weighted by atomic mass is 10.1. The van der Waals surface area contributed by atoms with Gasteiger partial charge in [-0.3, -0.25) is 4.79 Å². The molecule has 17 heavy (non-hydrogen) atoms. The Morgan fingerprint density at radius 2 is 2.18 bits per heavy atom. The molecule has 0 radical (unpaired) electrons. The first-order valence-corrected chi connectivity index (χ1v) is 6.37. The number of para-hydroxylation sites is 1. The van der Waals surface area contributed by atoms with Crippen molar-refractivity contribution in [3.05, 3.63) is 29.8 Å². The van der Waals surface area contributed by atoms with E-state index >= 15 is 0 Å². The van der Waals surface area contributed by atoms with Crippen LogP contribution in [0.2, 0.25) is 0 Å². The molecule has 3 nitrogen and oxygen atoms in total. The van der Waals surface area contributed by atoms with E-state index in [0.717, 1.165) is 31.7 Å². The fraction of sp³-hybridized carbons (Fsp3) is 0.500. The van der Waals surface area contributed by atoms with Crippen LogP contribution in [-0.4, -0.2) is 19.0 Å². The molecule has 0 bridgehead atoms. The van der Waals surface area contributed by atoms with E-state index in [4.69, 9.17) is 0 Å². The van der Waals surface area contributed by atoms with Gasteiger partial charge in [0.05, 0.1) is 0 Å². The lowest BCUT2D eigenvalue weighted by molar-refractivity contribution is -0.120. The number of nitrogens with zero attached hydrogens (tertiary/aromatic N) is 1. The van der Waals surface area contributed by atoms with Gasteiger partial charge >= 0.3 is 0 Å². The summed E-state index contributed by atoms with van der Waals surface area (Å²) >= 11 is 0. The van der Waals surface area contributed by atoms with Gasteiger partial charge in [-0.05, 0) is 24.0 Å². The van der Waals surface area contributed by atoms with E-state index in [1.165, 1.54) is 5.56 Å². The van der Waals surface area contributed by atoms with Crippen LogP contribution in [0.3, 0.4) is 0 Å². The molecule has 1 aliphatic carbocycles. The quantitative estimate of drug-likeness (QED) is 0.797. The number of nitrogens with one attached hydrogen (secondary N) is 1. The monoisotopic (exact) mass is 230 g/mol. The average molecular weight is 230 g/mol. The highest BCUT2D eigenvalue weighted by Crippen LogP contribution is 2.40. The first-order chi connectivity index (χ1) is 8.27. The number of fused-ring (bicyclic) bond motifs is 1. The van der Waals surface area contributed by atoms with Crippen molar-refractivity contribution in [2.75, 3.05) is 18.0 Å². The summed E-state index contributed by atoms with van der Waals surface area (Å²) in [5.41, 5.74) is 2.33. The normalized spacial score (nSPS) is 27.2. The molecule has 2 atom stereocenters. The van der Waals surface area contributed by atoms with Gasteiger partial charge in [0.25, 0.3) is 0 Å². The molecule has 1 saturated carbocycles. The summed E-state index contributed by atoms with van der Waals surface area (Å²) in [5, 5.41) is 3.36. The van der Waals surface area contributed by atoms with E-state index in [-0.39, 0.29) is 5.92 Å². The lowest BCUT2D eigenvalue weighted by Gasteiger charge is -2.22. The van der Waals surface area contributed by atoms with Crippen molar-refractivity contribution in [3.8, 4) is 0 Å². The van der Waals surface area contributed by atoms with Gasteiger partial charge in [-0.1, -0.05) is 25.1 Å². The third kappa shape index (κ3) is 1.95. The Morgan fingerprint density at radius 1 is 1.41 bits per heavy atom. The van der Waals surface area contributed by atoms with Crippen LogP contribution in [0.25, 0.3) is 0 Å². The molecule has 2 aliphatic rings. The van der Waals surface area contributed by atoms with Crippen molar-refractivity contribution in [3.63, 3.8) is 0 Å². The minimum absolute atomic E-state index is 0.265. The molecule has 1 aromatic rings. The molecule has 1 aromatic carbocycles. The molecule has 1 aliphatic heterocycles. The molecular weight excluding hydrogens is 212 g/mol. The Kier molecular flexibility index (Phi) is 2.63. The highest BCUT2D eigenvalue weighted by atomic mass is 16.2. The summed E-state index contributed by atoms with van der Waals surface area (Å²) in [7, 11) is 0. The van der Waals surface area contributed by atoms with E-state index in [1.807, 2.05) is 17.0 Å². The van der Waals surface area contributed by atoms with Crippen molar-refractivity contribution in [2.24, 2.45) is 11.8 Å². The summed E-state index contributed by atoms with van der Waals surface area (Å²) in [6.45, 7) is 4.69. The molecule has 1 heterocycles. The molecule has 90 valence electrons. The molecule has 0 aromatic heterocycles. The summed E-state index contributed by atoms with van der Waals surface area (Å²) in [6.07, 6.45) is 1.06. The van der Waals surface area contributed by atoms with Gasteiger partial charge in [0.1, 0.15) is 0 Å². The Morgan fingerprint density at radius 3 is 2.94 bits per heavy atom. The molecule has 3 heteroatoms. The maximum Gasteiger partial charge on any atom is 0.230 e. The number of anilines is 1. The summed E-state index contributed by atoms with van der Waals surface area (Å²) in [6, 6.07) is 8.21. The summed E-state index contributed by atoms with van der Waals surface area (Å²) < 4.78 is 0. The smallest absolute Gasteiger partial charge is 0.230 e. The lowest BCUT2D eigenvalue weighted by Crippen LogP contribution is -2.36. The van der Waals surface area contributed by atoms with Crippen LogP contribution in [0.15, 0.2) is 24.3 Å². The average Bonchev–Trinajstić information content (AvgIpc) is 3.10. The van der Waals surface area contributed by atoms with Crippen LogP contribution in [0, 0.1) is 11.8 Å². The second kappa shape index (κ2) is 4.15. The summed E-state index contributed by atoms with van der Waals surface area (Å²) in [5.74, 6) is 1.15. The fourth-order valence-electron chi connectivity index (χ4n) is 2.55. The van der Waals surface area contributed by atoms with E-state index in [1.54, 1.807) is 0 Å². The summed E-state index contributed by atoms with van der Waals surface area (Å²) in [4.78, 5) is 14.4. The Balaban J connectivity index is 1.91. The second-order valence-electron chi connectivity index (χ2n) is 5.11. The van der Waals surface area contributed by atoms with E-state index < -0.39 is 0 Å². The minimum Gasteiger partial charge on any atom is -0.311 e. The molecular formula is C14H18N2O. The maximum atomic E-state index is 12.4. The number of benzene rings is 1. The Bertz CT molecular complexity index is 444. The Hall–Kier alpha value is -1.35. The number of rotatable bonds is 1. The van der Waals surface area contributed by atoms with Gasteiger partial charge in [-0.2, -0.15) is 0 Å². The minimum atomic E-state index is 0.265. The highest BCUT2D eigenvalue weighted by Gasteiger charge is 2.42. The number of hydrogen-bond donors (Lipinski definition) is 1. The van der Waals surface area contributed by atoms with Crippen molar-refractivity contribution in [1.29, 1.82) is 0 Å². The molecule has 3 rings (SSSR count). The molecule has 2 unspecified atom stereocenters. The second-order valence-corrected chi connectivity index (χ2v) is 5.11. The topological polar surface area (TPSA) is 32.3 Å². The van der Waals surface area contributed by atoms with E-state index in [0.29, 0.717) is 11.8 Å². The molecule has 1 N–H and O–H groups in total. The molecule has 0 saturated heterocycles. The third-order valence-corrected chi connectivity index (χ3v) is 3.80. The molecule has 1 fully saturated rings. The van der Waals surface area contributed by atoms with E-state index in [9.17, 15) is 4.79 Å². The van der Waals surface area contributed by atoms with E-state index in [2.05, 4.69) is 24.4 Å². The first kappa shape index (κ1) is 10.8. The van der Waals surface area contributed by atoms with Crippen molar-refractivity contribution in [2.45, 2.75) is 19.9 Å². The van der Waals surface area contributed by atoms with Crippen LogP contribution in [-0.2, 0) is 11.3 Å².